The smallest absolute Gasteiger partial charge is 0.254 e. The van der Waals surface area contributed by atoms with Gasteiger partial charge in [0.2, 0.25) is 0 Å². The fourth-order valence-corrected chi connectivity index (χ4v) is 3.07. The van der Waals surface area contributed by atoms with Crippen LogP contribution in [0.2, 0.25) is 5.02 Å². The number of piperidine rings is 1. The van der Waals surface area contributed by atoms with Crippen LogP contribution in [0.1, 0.15) is 31.7 Å². The van der Waals surface area contributed by atoms with Crippen molar-refractivity contribution in [2.24, 2.45) is 0 Å². The van der Waals surface area contributed by atoms with Gasteiger partial charge in [0.25, 0.3) is 5.91 Å². The van der Waals surface area contributed by atoms with Crippen LogP contribution in [0.15, 0.2) is 29.5 Å². The Kier molecular flexibility index (Phi) is 2.54. The number of hydrogen-bond acceptors (Lipinski definition) is 3. The molecule has 2 atom stereocenters. The Morgan fingerprint density at radius 3 is 3.00 bits per heavy atom. The van der Waals surface area contributed by atoms with Gasteiger partial charge in [0.15, 0.2) is 5.72 Å². The minimum absolute atomic E-state index is 0.0392. The molecule has 19 heavy (non-hydrogen) atoms. The predicted molar refractivity (Wildman–Crippen MR) is 71.3 cm³/mol. The number of rotatable bonds is 0. The molecule has 0 radical (unpaired) electrons. The van der Waals surface area contributed by atoms with Crippen LogP contribution in [0, 0.1) is 0 Å². The summed E-state index contributed by atoms with van der Waals surface area (Å²) in [5.74, 6) is 0.259. The number of ether oxygens (including phenoxy) is 1. The summed E-state index contributed by atoms with van der Waals surface area (Å²) in [7, 11) is 0. The number of carbonyl (C=O) groups is 1. The molecule has 0 saturated carbocycles. The second kappa shape index (κ2) is 3.90. The summed E-state index contributed by atoms with van der Waals surface area (Å²) in [5.41, 5.74) is 0.508. The van der Waals surface area contributed by atoms with Crippen molar-refractivity contribution in [3.05, 3.63) is 40.1 Å². The molecule has 0 aromatic heterocycles. The molecule has 1 aromatic rings. The Labute approximate surface area is 116 Å². The first-order valence-electron chi connectivity index (χ1n) is 6.10. The fourth-order valence-electron chi connectivity index (χ4n) is 2.88. The molecule has 100 valence electrons. The normalized spacial score (nSPS) is 31.1. The molecule has 0 spiro atoms. The molecule has 1 saturated heterocycles. The number of aliphatic hydroxyl groups is 1. The highest BCUT2D eigenvalue weighted by molar-refractivity contribution is 6.30. The molecule has 1 aromatic carbocycles. The lowest BCUT2D eigenvalue weighted by Crippen LogP contribution is -2.58. The van der Waals surface area contributed by atoms with E-state index in [9.17, 15) is 9.90 Å². The first-order chi connectivity index (χ1) is 8.89. The lowest BCUT2D eigenvalue weighted by Gasteiger charge is -2.45. The highest BCUT2D eigenvalue weighted by Gasteiger charge is 2.47. The molecule has 2 unspecified atom stereocenters. The van der Waals surface area contributed by atoms with Crippen molar-refractivity contribution in [3.8, 4) is 5.75 Å². The van der Waals surface area contributed by atoms with E-state index in [0.29, 0.717) is 22.8 Å². The standard InChI is InChI=1S/C14H14ClNO3/c1-7(17)12-10-6-14(2,16-13(12)18)19-11-4-3-8(15)5-9(10)11/h3-5,10,17H,6H2,1-2H3,(H,16,18). The van der Waals surface area contributed by atoms with Gasteiger partial charge in [-0.1, -0.05) is 11.6 Å². The zero-order valence-corrected chi connectivity index (χ0v) is 11.4. The van der Waals surface area contributed by atoms with Gasteiger partial charge in [0.1, 0.15) is 5.75 Å². The number of fused-ring (bicyclic) bond motifs is 4. The molecule has 2 aliphatic rings. The molecule has 2 heterocycles. The van der Waals surface area contributed by atoms with Crippen LogP contribution in [0.25, 0.3) is 0 Å². The summed E-state index contributed by atoms with van der Waals surface area (Å²) in [6.45, 7) is 3.36. The second-order valence-electron chi connectivity index (χ2n) is 5.22. The van der Waals surface area contributed by atoms with Crippen molar-refractivity contribution in [3.63, 3.8) is 0 Å². The van der Waals surface area contributed by atoms with Crippen LogP contribution in [0.4, 0.5) is 0 Å². The van der Waals surface area contributed by atoms with E-state index in [-0.39, 0.29) is 17.6 Å². The molecule has 5 heteroatoms. The lowest BCUT2D eigenvalue weighted by molar-refractivity contribution is -0.127. The van der Waals surface area contributed by atoms with Crippen LogP contribution in [-0.4, -0.2) is 16.7 Å². The minimum atomic E-state index is -0.735. The van der Waals surface area contributed by atoms with Gasteiger partial charge in [-0.2, -0.15) is 0 Å². The molecule has 2 N–H and O–H groups in total. The number of halogens is 1. The van der Waals surface area contributed by atoms with Gasteiger partial charge in [-0.3, -0.25) is 4.79 Å². The number of nitrogens with one attached hydrogen (secondary N) is 1. The monoisotopic (exact) mass is 279 g/mol. The number of carbonyl (C=O) groups excluding carboxylic acids is 1. The molecule has 2 bridgehead atoms. The number of aliphatic hydroxyl groups excluding tert-OH is 1. The maximum absolute atomic E-state index is 12.1. The SMILES string of the molecule is CC(O)=C1C(=O)NC2(C)CC1c1cc(Cl)ccc1O2. The van der Waals surface area contributed by atoms with Crippen LogP contribution >= 0.6 is 11.6 Å². The van der Waals surface area contributed by atoms with Crippen molar-refractivity contribution in [1.82, 2.24) is 5.32 Å². The van der Waals surface area contributed by atoms with Gasteiger partial charge in [-0.25, -0.2) is 0 Å². The van der Waals surface area contributed by atoms with Gasteiger partial charge < -0.3 is 15.2 Å². The van der Waals surface area contributed by atoms with Gasteiger partial charge >= 0.3 is 0 Å². The van der Waals surface area contributed by atoms with E-state index in [0.717, 1.165) is 5.56 Å². The topological polar surface area (TPSA) is 58.6 Å². The third-order valence-corrected chi connectivity index (χ3v) is 3.87. The zero-order valence-electron chi connectivity index (χ0n) is 10.7. The summed E-state index contributed by atoms with van der Waals surface area (Å²) in [6, 6.07) is 5.34. The summed E-state index contributed by atoms with van der Waals surface area (Å²) >= 11 is 6.02. The second-order valence-corrected chi connectivity index (χ2v) is 5.66. The summed E-state index contributed by atoms with van der Waals surface area (Å²) in [4.78, 5) is 12.1. The first kappa shape index (κ1) is 12.4. The van der Waals surface area contributed by atoms with Crippen LogP contribution < -0.4 is 10.1 Å². The van der Waals surface area contributed by atoms with Crippen molar-refractivity contribution < 1.29 is 14.6 Å². The van der Waals surface area contributed by atoms with E-state index in [1.807, 2.05) is 6.92 Å². The molecular weight excluding hydrogens is 266 g/mol. The Bertz CT molecular complexity index is 607. The highest BCUT2D eigenvalue weighted by atomic mass is 35.5. The third-order valence-electron chi connectivity index (χ3n) is 3.64. The maximum atomic E-state index is 12.1. The average molecular weight is 280 g/mol. The van der Waals surface area contributed by atoms with Crippen LogP contribution in [0.3, 0.4) is 0 Å². The molecule has 4 nitrogen and oxygen atoms in total. The highest BCUT2D eigenvalue weighted by Crippen LogP contribution is 2.47. The lowest BCUT2D eigenvalue weighted by atomic mass is 9.78. The summed E-state index contributed by atoms with van der Waals surface area (Å²) in [5, 5.41) is 13.2. The van der Waals surface area contributed by atoms with Crippen molar-refractivity contribution >= 4 is 17.5 Å². The summed E-state index contributed by atoms with van der Waals surface area (Å²) < 4.78 is 5.85. The van der Waals surface area contributed by atoms with E-state index in [1.165, 1.54) is 6.92 Å². The number of benzene rings is 1. The van der Waals surface area contributed by atoms with E-state index in [1.54, 1.807) is 18.2 Å². The van der Waals surface area contributed by atoms with Crippen molar-refractivity contribution in [2.75, 3.05) is 0 Å². The van der Waals surface area contributed by atoms with Gasteiger partial charge in [0.05, 0.1) is 11.3 Å². The minimum Gasteiger partial charge on any atom is -0.512 e. The largest absolute Gasteiger partial charge is 0.512 e. The maximum Gasteiger partial charge on any atom is 0.254 e. The van der Waals surface area contributed by atoms with Crippen molar-refractivity contribution in [2.45, 2.75) is 31.9 Å². The zero-order chi connectivity index (χ0) is 13.8. The first-order valence-corrected chi connectivity index (χ1v) is 6.48. The van der Waals surface area contributed by atoms with E-state index in [4.69, 9.17) is 16.3 Å². The Morgan fingerprint density at radius 2 is 2.32 bits per heavy atom. The van der Waals surface area contributed by atoms with Gasteiger partial charge in [-0.05, 0) is 32.0 Å². The quantitative estimate of drug-likeness (QED) is 0.567. The van der Waals surface area contributed by atoms with Gasteiger partial charge in [-0.15, -0.1) is 0 Å². The Balaban J connectivity index is 2.22. The average Bonchev–Trinajstić information content (AvgIpc) is 2.28. The van der Waals surface area contributed by atoms with Crippen molar-refractivity contribution in [1.29, 1.82) is 0 Å². The fraction of sp³-hybridized carbons (Fsp3) is 0.357. The van der Waals surface area contributed by atoms with E-state index in [2.05, 4.69) is 5.32 Å². The number of amides is 1. The number of allylic oxidation sites excluding steroid dienone is 1. The molecule has 1 fully saturated rings. The Morgan fingerprint density at radius 1 is 1.58 bits per heavy atom. The van der Waals surface area contributed by atoms with E-state index < -0.39 is 5.72 Å². The van der Waals surface area contributed by atoms with Gasteiger partial charge in [0, 0.05) is 22.9 Å². The molecular formula is C14H14ClNO3. The number of hydrogen-bond donors (Lipinski definition) is 2. The van der Waals surface area contributed by atoms with Crippen LogP contribution in [-0.2, 0) is 4.79 Å². The molecule has 2 aliphatic heterocycles. The predicted octanol–water partition coefficient (Wildman–Crippen LogP) is 2.88. The molecule has 1 amide bonds. The molecule has 0 aliphatic carbocycles. The molecule has 3 rings (SSSR count). The third kappa shape index (κ3) is 1.87. The van der Waals surface area contributed by atoms with E-state index >= 15 is 0 Å². The Hall–Kier alpha value is -1.68. The van der Waals surface area contributed by atoms with Crippen LogP contribution in [0.5, 0.6) is 5.75 Å². The summed E-state index contributed by atoms with van der Waals surface area (Å²) in [6.07, 6.45) is 0.583.